The summed E-state index contributed by atoms with van der Waals surface area (Å²) in [6, 6.07) is 8.41. The number of carbonyl (C=O) groups excluding carboxylic acids is 1. The number of aromatic nitrogens is 1. The third kappa shape index (κ3) is 3.40. The molecule has 1 atom stereocenters. The Morgan fingerprint density at radius 2 is 2.09 bits per heavy atom. The highest BCUT2D eigenvalue weighted by Crippen LogP contribution is 2.19. The van der Waals surface area contributed by atoms with Gasteiger partial charge in [-0.05, 0) is 12.1 Å². The molecule has 0 aliphatic carbocycles. The van der Waals surface area contributed by atoms with E-state index in [1.54, 1.807) is 0 Å². The second-order valence-electron chi connectivity index (χ2n) is 5.20. The van der Waals surface area contributed by atoms with Gasteiger partial charge in [-0.25, -0.2) is 9.78 Å². The van der Waals surface area contributed by atoms with Gasteiger partial charge in [0, 0.05) is 12.1 Å². The number of hydrogen-bond donors (Lipinski definition) is 1. The van der Waals surface area contributed by atoms with Crippen LogP contribution in [0.5, 0.6) is 0 Å². The van der Waals surface area contributed by atoms with Crippen LogP contribution < -0.4 is 0 Å². The van der Waals surface area contributed by atoms with Crippen molar-refractivity contribution < 1.29 is 23.8 Å². The molecule has 1 aliphatic rings. The van der Waals surface area contributed by atoms with Gasteiger partial charge in [0.05, 0.1) is 25.3 Å². The molecule has 3 rings (SSSR count). The molecule has 1 fully saturated rings. The number of hydrogen-bond acceptors (Lipinski definition) is 5. The van der Waals surface area contributed by atoms with Crippen LogP contribution in [0, 0.1) is 0 Å². The highest BCUT2D eigenvalue weighted by Gasteiger charge is 2.32. The quantitative estimate of drug-likeness (QED) is 0.911. The largest absolute Gasteiger partial charge is 0.480 e. The standard InChI is InChI=1S/C16H16N2O5/c19-14(18-6-7-22-10-13(18)16(20)21)8-12-9-23-15(17-12)11-4-2-1-3-5-11/h1-5,9,13H,6-8,10H2,(H,20,21)/t13-/m0/s1. The lowest BCUT2D eigenvalue weighted by molar-refractivity contribution is -0.158. The number of benzene rings is 1. The van der Waals surface area contributed by atoms with E-state index in [1.165, 1.54) is 11.2 Å². The number of nitrogens with zero attached hydrogens (tertiary/aromatic N) is 2. The number of carbonyl (C=O) groups is 2. The maximum absolute atomic E-state index is 12.4. The normalized spacial score (nSPS) is 17.9. The van der Waals surface area contributed by atoms with Crippen molar-refractivity contribution in [1.29, 1.82) is 0 Å². The van der Waals surface area contributed by atoms with Crippen LogP contribution in [0.1, 0.15) is 5.69 Å². The van der Waals surface area contributed by atoms with Crippen LogP contribution in [0.15, 0.2) is 41.0 Å². The molecule has 7 nitrogen and oxygen atoms in total. The molecule has 0 saturated carbocycles. The molecule has 7 heteroatoms. The topological polar surface area (TPSA) is 92.9 Å². The van der Waals surface area contributed by atoms with Crippen LogP contribution in [0.25, 0.3) is 11.5 Å². The number of amides is 1. The highest BCUT2D eigenvalue weighted by atomic mass is 16.5. The Morgan fingerprint density at radius 1 is 1.30 bits per heavy atom. The Morgan fingerprint density at radius 3 is 2.83 bits per heavy atom. The van der Waals surface area contributed by atoms with Gasteiger partial charge in [0.2, 0.25) is 11.8 Å². The van der Waals surface area contributed by atoms with Crippen LogP contribution in [0.4, 0.5) is 0 Å². The van der Waals surface area contributed by atoms with E-state index in [-0.39, 0.29) is 25.5 Å². The van der Waals surface area contributed by atoms with Crippen molar-refractivity contribution in [2.75, 3.05) is 19.8 Å². The van der Waals surface area contributed by atoms with Crippen molar-refractivity contribution in [3.8, 4) is 11.5 Å². The van der Waals surface area contributed by atoms with Gasteiger partial charge in [-0.3, -0.25) is 4.79 Å². The van der Waals surface area contributed by atoms with Crippen LogP contribution in [-0.2, 0) is 20.7 Å². The lowest BCUT2D eigenvalue weighted by atomic mass is 10.2. The Kier molecular flexibility index (Phi) is 4.38. The summed E-state index contributed by atoms with van der Waals surface area (Å²) in [5.41, 5.74) is 1.30. The molecule has 120 valence electrons. The first-order valence-corrected chi connectivity index (χ1v) is 7.25. The third-order valence-corrected chi connectivity index (χ3v) is 3.64. The minimum Gasteiger partial charge on any atom is -0.480 e. The molecule has 0 radical (unpaired) electrons. The van der Waals surface area contributed by atoms with E-state index >= 15 is 0 Å². The fraction of sp³-hybridized carbons (Fsp3) is 0.312. The van der Waals surface area contributed by atoms with Crippen molar-refractivity contribution in [3.63, 3.8) is 0 Å². The van der Waals surface area contributed by atoms with E-state index < -0.39 is 12.0 Å². The van der Waals surface area contributed by atoms with Gasteiger partial charge in [-0.1, -0.05) is 18.2 Å². The Hall–Kier alpha value is -2.67. The maximum Gasteiger partial charge on any atom is 0.328 e. The van der Waals surface area contributed by atoms with Crippen LogP contribution in [-0.4, -0.2) is 52.7 Å². The molecule has 0 unspecified atom stereocenters. The summed E-state index contributed by atoms with van der Waals surface area (Å²) >= 11 is 0. The first-order valence-electron chi connectivity index (χ1n) is 7.25. The Bertz CT molecular complexity index is 698. The molecule has 1 aliphatic heterocycles. The molecular weight excluding hydrogens is 300 g/mol. The molecule has 0 bridgehead atoms. The van der Waals surface area contributed by atoms with E-state index in [0.717, 1.165) is 5.56 Å². The lowest BCUT2D eigenvalue weighted by Crippen LogP contribution is -2.53. The molecule has 2 aromatic rings. The van der Waals surface area contributed by atoms with Gasteiger partial charge in [0.15, 0.2) is 6.04 Å². The molecule has 23 heavy (non-hydrogen) atoms. The number of rotatable bonds is 4. The van der Waals surface area contributed by atoms with Gasteiger partial charge >= 0.3 is 5.97 Å². The molecule has 0 spiro atoms. The Labute approximate surface area is 132 Å². The maximum atomic E-state index is 12.4. The third-order valence-electron chi connectivity index (χ3n) is 3.64. The summed E-state index contributed by atoms with van der Waals surface area (Å²) in [4.78, 5) is 29.2. The van der Waals surface area contributed by atoms with E-state index in [4.69, 9.17) is 14.3 Å². The summed E-state index contributed by atoms with van der Waals surface area (Å²) < 4.78 is 10.5. The fourth-order valence-corrected chi connectivity index (χ4v) is 2.46. The first kappa shape index (κ1) is 15.2. The van der Waals surface area contributed by atoms with E-state index in [2.05, 4.69) is 4.98 Å². The second kappa shape index (κ2) is 6.62. The number of morpholine rings is 1. The second-order valence-corrected chi connectivity index (χ2v) is 5.20. The molecule has 1 saturated heterocycles. The molecule has 1 amide bonds. The van der Waals surface area contributed by atoms with Crippen molar-refractivity contribution in [2.24, 2.45) is 0 Å². The van der Waals surface area contributed by atoms with Crippen LogP contribution >= 0.6 is 0 Å². The SMILES string of the molecule is O=C(O)[C@@H]1COCCN1C(=O)Cc1coc(-c2ccccc2)n1. The van der Waals surface area contributed by atoms with E-state index in [1.807, 2.05) is 30.3 Å². The van der Waals surface area contributed by atoms with Crippen molar-refractivity contribution >= 4 is 11.9 Å². The summed E-state index contributed by atoms with van der Waals surface area (Å²) in [5, 5.41) is 9.17. The average Bonchev–Trinajstić information content (AvgIpc) is 3.04. The summed E-state index contributed by atoms with van der Waals surface area (Å²) in [5.74, 6) is -0.929. The van der Waals surface area contributed by atoms with Crippen LogP contribution in [0.3, 0.4) is 0 Å². The number of ether oxygens (including phenoxy) is 1. The smallest absolute Gasteiger partial charge is 0.328 e. The molecule has 2 heterocycles. The fourth-order valence-electron chi connectivity index (χ4n) is 2.46. The summed E-state index contributed by atoms with van der Waals surface area (Å²) in [6.45, 7) is 0.609. The summed E-state index contributed by atoms with van der Waals surface area (Å²) in [7, 11) is 0. The minimum absolute atomic E-state index is 0.000113. The van der Waals surface area contributed by atoms with Gasteiger partial charge in [0.25, 0.3) is 0 Å². The van der Waals surface area contributed by atoms with Crippen LogP contribution in [0.2, 0.25) is 0 Å². The van der Waals surface area contributed by atoms with E-state index in [0.29, 0.717) is 18.2 Å². The van der Waals surface area contributed by atoms with Crippen molar-refractivity contribution in [1.82, 2.24) is 9.88 Å². The predicted octanol–water partition coefficient (Wildman–Crippen LogP) is 1.20. The van der Waals surface area contributed by atoms with Gasteiger partial charge in [-0.15, -0.1) is 0 Å². The molecule has 1 N–H and O–H groups in total. The minimum atomic E-state index is -1.07. The molecule has 1 aromatic carbocycles. The number of carboxylic acids is 1. The zero-order valence-electron chi connectivity index (χ0n) is 12.3. The van der Waals surface area contributed by atoms with Crippen molar-refractivity contribution in [2.45, 2.75) is 12.5 Å². The zero-order valence-corrected chi connectivity index (χ0v) is 12.3. The summed E-state index contributed by atoms with van der Waals surface area (Å²) in [6.07, 6.45) is 1.43. The zero-order chi connectivity index (χ0) is 16.2. The number of carboxylic acid groups (broad SMARTS) is 1. The Balaban J connectivity index is 1.70. The number of oxazole rings is 1. The van der Waals surface area contributed by atoms with Gasteiger partial charge in [-0.2, -0.15) is 0 Å². The highest BCUT2D eigenvalue weighted by molar-refractivity contribution is 5.85. The van der Waals surface area contributed by atoms with Crippen molar-refractivity contribution in [3.05, 3.63) is 42.3 Å². The first-order chi connectivity index (χ1) is 11.1. The lowest BCUT2D eigenvalue weighted by Gasteiger charge is -2.32. The molecular formula is C16H16N2O5. The number of aliphatic carboxylic acids is 1. The van der Waals surface area contributed by atoms with E-state index in [9.17, 15) is 9.59 Å². The monoisotopic (exact) mass is 316 g/mol. The van der Waals surface area contributed by atoms with Gasteiger partial charge in [0.1, 0.15) is 6.26 Å². The predicted molar refractivity (Wildman–Crippen MR) is 79.6 cm³/mol. The van der Waals surface area contributed by atoms with Gasteiger partial charge < -0.3 is 19.2 Å². The molecule has 1 aromatic heterocycles. The average molecular weight is 316 g/mol.